The predicted molar refractivity (Wildman–Crippen MR) is 66.1 cm³/mol. The van der Waals surface area contributed by atoms with E-state index in [-0.39, 0.29) is 0 Å². The van der Waals surface area contributed by atoms with Gasteiger partial charge in [-0.25, -0.2) is 0 Å². The highest BCUT2D eigenvalue weighted by atomic mass is 35.5. The van der Waals surface area contributed by atoms with Crippen LogP contribution in [0.4, 0.5) is 5.69 Å². The summed E-state index contributed by atoms with van der Waals surface area (Å²) in [6.45, 7) is 4.28. The molecule has 15 heavy (non-hydrogen) atoms. The molecule has 2 aliphatic heterocycles. The van der Waals surface area contributed by atoms with E-state index in [2.05, 4.69) is 16.3 Å². The number of hydrogen-bond donors (Lipinski definition) is 1. The van der Waals surface area contributed by atoms with Crippen molar-refractivity contribution >= 4 is 29.1 Å². The third kappa shape index (κ3) is 1.63. The highest BCUT2D eigenvalue weighted by Gasteiger charge is 2.24. The molecule has 3 rings (SSSR count). The van der Waals surface area contributed by atoms with E-state index in [0.717, 1.165) is 37.0 Å². The minimum absolute atomic E-state index is 0.908. The van der Waals surface area contributed by atoms with E-state index in [1.807, 2.05) is 17.8 Å². The molecule has 2 heterocycles. The average Bonchev–Trinajstić information content (AvgIpc) is 2.47. The van der Waals surface area contributed by atoms with Crippen LogP contribution in [0.1, 0.15) is 5.56 Å². The molecule has 80 valence electrons. The Labute approximate surface area is 99.0 Å². The summed E-state index contributed by atoms with van der Waals surface area (Å²) in [5.74, 6) is 1.15. The standard InChI is InChI=1S/C11H13ClN2S/c12-9-2-1-8-7-13-3-4-14-5-6-15-11(9)10(8)14/h1-2,13H,3-7H2. The number of thioether (sulfide) groups is 1. The number of rotatable bonds is 0. The second-order valence-corrected chi connectivity index (χ2v) is 5.41. The van der Waals surface area contributed by atoms with E-state index in [4.69, 9.17) is 11.6 Å². The van der Waals surface area contributed by atoms with Crippen molar-refractivity contribution in [1.29, 1.82) is 0 Å². The zero-order valence-corrected chi connectivity index (χ0v) is 10.00. The highest BCUT2D eigenvalue weighted by Crippen LogP contribution is 2.42. The number of anilines is 1. The normalized spacial score (nSPS) is 19.7. The Morgan fingerprint density at radius 3 is 3.20 bits per heavy atom. The second kappa shape index (κ2) is 3.89. The fraction of sp³-hybridized carbons (Fsp3) is 0.455. The first-order valence-electron chi connectivity index (χ1n) is 5.26. The zero-order valence-electron chi connectivity index (χ0n) is 8.42. The van der Waals surface area contributed by atoms with Gasteiger partial charge in [-0.2, -0.15) is 0 Å². The van der Waals surface area contributed by atoms with Crippen molar-refractivity contribution in [2.24, 2.45) is 0 Å². The fourth-order valence-corrected chi connectivity index (χ4v) is 3.68. The van der Waals surface area contributed by atoms with Crippen LogP contribution in [0.15, 0.2) is 17.0 Å². The van der Waals surface area contributed by atoms with Crippen LogP contribution < -0.4 is 10.2 Å². The summed E-state index contributed by atoms with van der Waals surface area (Å²) >= 11 is 8.14. The van der Waals surface area contributed by atoms with Gasteiger partial charge in [0, 0.05) is 36.8 Å². The maximum absolute atomic E-state index is 6.25. The van der Waals surface area contributed by atoms with Crippen LogP contribution in [0.5, 0.6) is 0 Å². The lowest BCUT2D eigenvalue weighted by molar-refractivity contribution is 0.695. The largest absolute Gasteiger partial charge is 0.368 e. The molecule has 1 N–H and O–H groups in total. The van der Waals surface area contributed by atoms with Gasteiger partial charge < -0.3 is 10.2 Å². The molecule has 1 aromatic carbocycles. The molecule has 0 amide bonds. The van der Waals surface area contributed by atoms with Gasteiger partial charge in [-0.1, -0.05) is 17.7 Å². The first-order valence-corrected chi connectivity index (χ1v) is 6.62. The van der Waals surface area contributed by atoms with Gasteiger partial charge in [-0.3, -0.25) is 0 Å². The maximum Gasteiger partial charge on any atom is 0.0566 e. The maximum atomic E-state index is 6.25. The van der Waals surface area contributed by atoms with Crippen LogP contribution in [0.25, 0.3) is 0 Å². The van der Waals surface area contributed by atoms with E-state index < -0.39 is 0 Å². The topological polar surface area (TPSA) is 15.3 Å². The van der Waals surface area contributed by atoms with Gasteiger partial charge in [0.1, 0.15) is 0 Å². The zero-order chi connectivity index (χ0) is 10.3. The lowest BCUT2D eigenvalue weighted by atomic mass is 10.1. The Morgan fingerprint density at radius 1 is 1.33 bits per heavy atom. The number of nitrogens with one attached hydrogen (secondary N) is 1. The summed E-state index contributed by atoms with van der Waals surface area (Å²) < 4.78 is 0. The molecule has 4 heteroatoms. The molecule has 0 aromatic heterocycles. The first-order chi connectivity index (χ1) is 7.36. The Morgan fingerprint density at radius 2 is 2.27 bits per heavy atom. The van der Waals surface area contributed by atoms with Crippen molar-refractivity contribution < 1.29 is 0 Å². The Hall–Kier alpha value is -0.380. The Kier molecular flexibility index (Phi) is 2.54. The highest BCUT2D eigenvalue weighted by molar-refractivity contribution is 7.99. The minimum atomic E-state index is 0.908. The molecule has 0 spiro atoms. The van der Waals surface area contributed by atoms with Crippen molar-refractivity contribution in [1.82, 2.24) is 5.32 Å². The molecule has 0 fully saturated rings. The Balaban J connectivity index is 2.18. The van der Waals surface area contributed by atoms with E-state index in [1.54, 1.807) is 0 Å². The SMILES string of the molecule is Clc1ccc2c3c1SCCN3CCNC2. The number of halogens is 1. The van der Waals surface area contributed by atoms with Gasteiger partial charge in [-0.15, -0.1) is 11.8 Å². The summed E-state index contributed by atoms with van der Waals surface area (Å²) in [7, 11) is 0. The lowest BCUT2D eigenvalue weighted by Crippen LogP contribution is -2.32. The molecule has 0 saturated carbocycles. The van der Waals surface area contributed by atoms with Gasteiger partial charge >= 0.3 is 0 Å². The lowest BCUT2D eigenvalue weighted by Gasteiger charge is -2.31. The van der Waals surface area contributed by atoms with Crippen molar-refractivity contribution in [2.45, 2.75) is 11.4 Å². The van der Waals surface area contributed by atoms with E-state index >= 15 is 0 Å². The van der Waals surface area contributed by atoms with Gasteiger partial charge in [0.05, 0.1) is 10.7 Å². The van der Waals surface area contributed by atoms with Crippen LogP contribution in [-0.2, 0) is 6.54 Å². The Bertz CT molecular complexity index is 394. The van der Waals surface area contributed by atoms with Crippen LogP contribution in [0.2, 0.25) is 5.02 Å². The molecular formula is C11H13ClN2S. The van der Waals surface area contributed by atoms with Gasteiger partial charge in [0.25, 0.3) is 0 Å². The molecule has 0 radical (unpaired) electrons. The minimum Gasteiger partial charge on any atom is -0.368 e. The summed E-state index contributed by atoms with van der Waals surface area (Å²) in [5.41, 5.74) is 2.77. The molecule has 2 aliphatic rings. The van der Waals surface area contributed by atoms with Crippen molar-refractivity contribution in [3.63, 3.8) is 0 Å². The molecule has 0 saturated heterocycles. The molecule has 0 unspecified atom stereocenters. The molecule has 1 aromatic rings. The second-order valence-electron chi connectivity index (χ2n) is 3.90. The van der Waals surface area contributed by atoms with Gasteiger partial charge in [0.15, 0.2) is 0 Å². The van der Waals surface area contributed by atoms with Crippen LogP contribution in [0.3, 0.4) is 0 Å². The number of benzene rings is 1. The molecule has 0 atom stereocenters. The number of nitrogens with zero attached hydrogens (tertiary/aromatic N) is 1. The van der Waals surface area contributed by atoms with E-state index in [1.165, 1.54) is 16.1 Å². The van der Waals surface area contributed by atoms with Crippen LogP contribution in [0, 0.1) is 0 Å². The van der Waals surface area contributed by atoms with Gasteiger partial charge in [0.2, 0.25) is 0 Å². The molecular weight excluding hydrogens is 228 g/mol. The van der Waals surface area contributed by atoms with Crippen LogP contribution >= 0.6 is 23.4 Å². The monoisotopic (exact) mass is 240 g/mol. The fourth-order valence-electron chi connectivity index (χ4n) is 2.24. The third-order valence-electron chi connectivity index (χ3n) is 2.96. The molecule has 0 aliphatic carbocycles. The van der Waals surface area contributed by atoms with E-state index in [9.17, 15) is 0 Å². The quantitative estimate of drug-likeness (QED) is 0.750. The summed E-state index contributed by atoms with van der Waals surface area (Å²) in [6.07, 6.45) is 0. The first kappa shape index (κ1) is 9.82. The molecule has 2 nitrogen and oxygen atoms in total. The summed E-state index contributed by atoms with van der Waals surface area (Å²) in [5, 5.41) is 4.36. The third-order valence-corrected chi connectivity index (χ3v) is 4.48. The predicted octanol–water partition coefficient (Wildman–Crippen LogP) is 2.36. The van der Waals surface area contributed by atoms with Crippen molar-refractivity contribution in [3.8, 4) is 0 Å². The van der Waals surface area contributed by atoms with E-state index in [0.29, 0.717) is 0 Å². The van der Waals surface area contributed by atoms with Crippen molar-refractivity contribution in [2.75, 3.05) is 30.3 Å². The van der Waals surface area contributed by atoms with Crippen molar-refractivity contribution in [3.05, 3.63) is 22.7 Å². The summed E-state index contributed by atoms with van der Waals surface area (Å²) in [6, 6.07) is 4.18. The van der Waals surface area contributed by atoms with Crippen LogP contribution in [-0.4, -0.2) is 25.4 Å². The molecule has 0 bridgehead atoms. The summed E-state index contributed by atoms with van der Waals surface area (Å²) in [4.78, 5) is 3.75. The average molecular weight is 241 g/mol. The van der Waals surface area contributed by atoms with Gasteiger partial charge in [-0.05, 0) is 11.6 Å². The number of hydrogen-bond acceptors (Lipinski definition) is 3. The smallest absolute Gasteiger partial charge is 0.0566 e.